The zero-order valence-electron chi connectivity index (χ0n) is 17.8. The molecule has 4 aromatic rings. The minimum atomic E-state index is 0.614. The molecule has 0 aliphatic heterocycles. The maximum atomic E-state index is 4.82. The molecule has 4 rings (SSSR count). The molecule has 158 valence electrons. The van der Waals surface area contributed by atoms with Gasteiger partial charge in [0, 0.05) is 37.1 Å². The quantitative estimate of drug-likeness (QED) is 0.341. The van der Waals surface area contributed by atoms with E-state index >= 15 is 0 Å². The van der Waals surface area contributed by atoms with Crippen LogP contribution in [0.1, 0.15) is 23.6 Å². The summed E-state index contributed by atoms with van der Waals surface area (Å²) < 4.78 is 1.93. The maximum Gasteiger partial charge on any atom is 0.191 e. The van der Waals surface area contributed by atoms with E-state index in [4.69, 9.17) is 4.99 Å². The van der Waals surface area contributed by atoms with E-state index in [0.717, 1.165) is 37.5 Å². The van der Waals surface area contributed by atoms with Crippen molar-refractivity contribution in [1.82, 2.24) is 25.4 Å². The molecule has 0 amide bonds. The van der Waals surface area contributed by atoms with Crippen LogP contribution < -0.4 is 10.6 Å². The molecule has 0 unspecified atom stereocenters. The molecule has 0 saturated heterocycles. The number of hydrogen-bond acceptors (Lipinski definition) is 3. The first kappa shape index (κ1) is 20.6. The molecule has 2 aromatic carbocycles. The fraction of sp³-hybridized carbons (Fsp3) is 0.240. The molecule has 0 aliphatic rings. The van der Waals surface area contributed by atoms with Gasteiger partial charge in [0.2, 0.25) is 0 Å². The van der Waals surface area contributed by atoms with Gasteiger partial charge in [-0.2, -0.15) is 5.10 Å². The second-order valence-corrected chi connectivity index (χ2v) is 7.34. The zero-order chi connectivity index (χ0) is 21.3. The molecule has 0 atom stereocenters. The number of nitrogens with zero attached hydrogens (tertiary/aromatic N) is 4. The number of nitrogens with one attached hydrogen (secondary N) is 2. The van der Waals surface area contributed by atoms with Gasteiger partial charge in [0.1, 0.15) is 0 Å². The highest BCUT2D eigenvalue weighted by Crippen LogP contribution is 2.16. The topological polar surface area (TPSA) is 67.1 Å². The Balaban J connectivity index is 1.41. The highest BCUT2D eigenvalue weighted by Gasteiger charge is 2.05. The van der Waals surface area contributed by atoms with E-state index in [1.807, 2.05) is 29.2 Å². The largest absolute Gasteiger partial charge is 0.357 e. The Morgan fingerprint density at radius 1 is 0.903 bits per heavy atom. The minimum Gasteiger partial charge on any atom is -0.357 e. The molecule has 2 heterocycles. The monoisotopic (exact) mass is 412 g/mol. The Bertz CT molecular complexity index is 1130. The molecule has 0 spiro atoms. The Labute approximate surface area is 183 Å². The number of para-hydroxylation sites is 1. The summed E-state index contributed by atoms with van der Waals surface area (Å²) in [6.07, 6.45) is 6.52. The van der Waals surface area contributed by atoms with E-state index in [1.54, 1.807) is 6.20 Å². The third kappa shape index (κ3) is 5.48. The molecule has 6 nitrogen and oxygen atoms in total. The van der Waals surface area contributed by atoms with Gasteiger partial charge >= 0.3 is 0 Å². The van der Waals surface area contributed by atoms with E-state index < -0.39 is 0 Å². The van der Waals surface area contributed by atoms with Gasteiger partial charge < -0.3 is 10.6 Å². The average Bonchev–Trinajstić information content (AvgIpc) is 3.31. The lowest BCUT2D eigenvalue weighted by molar-refractivity contribution is 0.680. The Morgan fingerprint density at radius 2 is 1.74 bits per heavy atom. The first-order chi connectivity index (χ1) is 15.3. The van der Waals surface area contributed by atoms with Crippen molar-refractivity contribution in [3.8, 4) is 0 Å². The van der Waals surface area contributed by atoms with Gasteiger partial charge in [-0.25, -0.2) is 4.99 Å². The van der Waals surface area contributed by atoms with E-state index in [9.17, 15) is 0 Å². The fourth-order valence-corrected chi connectivity index (χ4v) is 3.63. The molecule has 0 radical (unpaired) electrons. The minimum absolute atomic E-state index is 0.614. The van der Waals surface area contributed by atoms with Crippen LogP contribution in [0.25, 0.3) is 10.9 Å². The molecule has 0 aliphatic carbocycles. The van der Waals surface area contributed by atoms with Crippen LogP contribution in [0.15, 0.2) is 84.2 Å². The SMILES string of the molecule is CCNC(=NCc1ccccc1Cn1cccn1)NCCc1cccc2cccnc12. The van der Waals surface area contributed by atoms with Crippen molar-refractivity contribution in [1.29, 1.82) is 0 Å². The van der Waals surface area contributed by atoms with Crippen molar-refractivity contribution in [3.05, 3.63) is 95.9 Å². The number of aromatic nitrogens is 3. The molecular weight excluding hydrogens is 384 g/mol. The molecule has 0 bridgehead atoms. The number of rotatable bonds is 8. The normalized spacial score (nSPS) is 11.6. The summed E-state index contributed by atoms with van der Waals surface area (Å²) in [6.45, 7) is 5.05. The number of benzene rings is 2. The zero-order valence-corrected chi connectivity index (χ0v) is 17.8. The van der Waals surface area contributed by atoms with Gasteiger partial charge in [0.25, 0.3) is 0 Å². The smallest absolute Gasteiger partial charge is 0.191 e. The lowest BCUT2D eigenvalue weighted by atomic mass is 10.1. The van der Waals surface area contributed by atoms with Gasteiger partial charge in [-0.3, -0.25) is 9.67 Å². The molecule has 2 aromatic heterocycles. The van der Waals surface area contributed by atoms with Gasteiger partial charge in [-0.1, -0.05) is 48.5 Å². The average molecular weight is 413 g/mol. The summed E-state index contributed by atoms with van der Waals surface area (Å²) in [7, 11) is 0. The van der Waals surface area contributed by atoms with Crippen LogP contribution in [-0.4, -0.2) is 33.8 Å². The van der Waals surface area contributed by atoms with E-state index in [1.165, 1.54) is 22.1 Å². The molecular formula is C25H28N6. The molecule has 2 N–H and O–H groups in total. The first-order valence-corrected chi connectivity index (χ1v) is 10.7. The second-order valence-electron chi connectivity index (χ2n) is 7.34. The third-order valence-corrected chi connectivity index (χ3v) is 5.16. The van der Waals surface area contributed by atoms with Crippen molar-refractivity contribution < 1.29 is 0 Å². The van der Waals surface area contributed by atoms with Crippen molar-refractivity contribution >= 4 is 16.9 Å². The molecule has 31 heavy (non-hydrogen) atoms. The fourth-order valence-electron chi connectivity index (χ4n) is 3.63. The van der Waals surface area contributed by atoms with Crippen molar-refractivity contribution in [2.45, 2.75) is 26.4 Å². The van der Waals surface area contributed by atoms with Crippen LogP contribution in [0.3, 0.4) is 0 Å². The van der Waals surface area contributed by atoms with Crippen LogP contribution in [-0.2, 0) is 19.5 Å². The van der Waals surface area contributed by atoms with E-state index in [-0.39, 0.29) is 0 Å². The van der Waals surface area contributed by atoms with Gasteiger partial charge in [0.15, 0.2) is 5.96 Å². The summed E-state index contributed by atoms with van der Waals surface area (Å²) >= 11 is 0. The van der Waals surface area contributed by atoms with Crippen LogP contribution in [0.2, 0.25) is 0 Å². The summed E-state index contributed by atoms with van der Waals surface area (Å²) in [5, 5.41) is 12.3. The van der Waals surface area contributed by atoms with Crippen LogP contribution in [0.4, 0.5) is 0 Å². The molecule has 0 saturated carbocycles. The van der Waals surface area contributed by atoms with Crippen molar-refractivity contribution in [2.24, 2.45) is 4.99 Å². The number of hydrogen-bond donors (Lipinski definition) is 2. The van der Waals surface area contributed by atoms with Crippen LogP contribution in [0, 0.1) is 0 Å². The highest BCUT2D eigenvalue weighted by molar-refractivity contribution is 5.82. The number of pyridine rings is 1. The van der Waals surface area contributed by atoms with Gasteiger partial charge in [0.05, 0.1) is 18.6 Å². The van der Waals surface area contributed by atoms with Crippen LogP contribution >= 0.6 is 0 Å². The predicted octanol–water partition coefficient (Wildman–Crippen LogP) is 3.78. The predicted molar refractivity (Wildman–Crippen MR) is 126 cm³/mol. The summed E-state index contributed by atoms with van der Waals surface area (Å²) in [5.41, 5.74) is 4.74. The highest BCUT2D eigenvalue weighted by atomic mass is 15.3. The van der Waals surface area contributed by atoms with E-state index in [2.05, 4.69) is 76.2 Å². The van der Waals surface area contributed by atoms with Crippen LogP contribution in [0.5, 0.6) is 0 Å². The lowest BCUT2D eigenvalue weighted by Gasteiger charge is -2.13. The molecule has 6 heteroatoms. The van der Waals surface area contributed by atoms with E-state index in [0.29, 0.717) is 6.54 Å². The Morgan fingerprint density at radius 3 is 2.58 bits per heavy atom. The summed E-state index contributed by atoms with van der Waals surface area (Å²) in [5.74, 6) is 0.824. The standard InChI is InChI=1S/C25H28N6/c1-2-26-25(28-16-13-21-11-5-10-20-12-6-14-27-24(20)21)29-18-22-8-3-4-9-23(22)19-31-17-7-15-30-31/h3-12,14-15,17H,2,13,16,18-19H2,1H3,(H2,26,28,29). The maximum absolute atomic E-state index is 4.82. The van der Waals surface area contributed by atoms with Crippen molar-refractivity contribution in [2.75, 3.05) is 13.1 Å². The number of guanidine groups is 1. The lowest BCUT2D eigenvalue weighted by Crippen LogP contribution is -2.38. The molecule has 0 fully saturated rings. The number of fused-ring (bicyclic) bond motifs is 1. The first-order valence-electron chi connectivity index (χ1n) is 10.7. The summed E-state index contributed by atoms with van der Waals surface area (Å²) in [6, 6.07) is 20.8. The van der Waals surface area contributed by atoms with Crippen molar-refractivity contribution in [3.63, 3.8) is 0 Å². The third-order valence-electron chi connectivity index (χ3n) is 5.16. The van der Waals surface area contributed by atoms with Gasteiger partial charge in [-0.05, 0) is 42.2 Å². The summed E-state index contributed by atoms with van der Waals surface area (Å²) in [4.78, 5) is 9.37. The Hall–Kier alpha value is -3.67. The second kappa shape index (κ2) is 10.4. The Kier molecular flexibility index (Phi) is 6.90. The van der Waals surface area contributed by atoms with Gasteiger partial charge in [-0.15, -0.1) is 0 Å². The number of aliphatic imine (C=N–C) groups is 1.